The highest BCUT2D eigenvalue weighted by molar-refractivity contribution is 6.07. The lowest BCUT2D eigenvalue weighted by atomic mass is 9.92. The van der Waals surface area contributed by atoms with Crippen LogP contribution < -0.4 is 4.74 Å². The Morgan fingerprint density at radius 3 is 1.77 bits per heavy atom. The largest absolute Gasteiger partial charge is 0.489 e. The lowest BCUT2D eigenvalue weighted by Crippen LogP contribution is -2.16. The molecule has 6 heteroatoms. The second kappa shape index (κ2) is 9.43. The summed E-state index contributed by atoms with van der Waals surface area (Å²) in [4.78, 5) is 29.4. The number of aryl methyl sites for hydroxylation is 3. The predicted molar refractivity (Wildman–Crippen MR) is 117 cm³/mol. The summed E-state index contributed by atoms with van der Waals surface area (Å²) in [5.74, 6) is -0.458. The van der Waals surface area contributed by atoms with Crippen LogP contribution in [0.25, 0.3) is 11.1 Å². The first-order valence-electron chi connectivity index (χ1n) is 9.82. The van der Waals surface area contributed by atoms with Crippen LogP contribution in [-0.4, -0.2) is 31.1 Å². The highest BCUT2D eigenvalue weighted by Crippen LogP contribution is 2.33. The minimum Gasteiger partial charge on any atom is -0.489 e. The Kier molecular flexibility index (Phi) is 6.70. The van der Waals surface area contributed by atoms with E-state index in [9.17, 15) is 9.59 Å². The van der Waals surface area contributed by atoms with Crippen molar-refractivity contribution < 1.29 is 23.8 Å². The number of ether oxygens (including phenoxy) is 3. The topological polar surface area (TPSA) is 74.7 Å². The molecular formula is C25H25NO5. The van der Waals surface area contributed by atoms with Gasteiger partial charge in [0, 0.05) is 5.56 Å². The molecule has 3 rings (SSSR count). The number of aromatic nitrogens is 1. The van der Waals surface area contributed by atoms with Gasteiger partial charge in [0.1, 0.15) is 12.4 Å². The number of rotatable bonds is 6. The molecule has 1 aromatic heterocycles. The zero-order valence-electron chi connectivity index (χ0n) is 18.3. The molecule has 0 unspecified atom stereocenters. The van der Waals surface area contributed by atoms with E-state index in [0.29, 0.717) is 34.9 Å². The molecule has 0 amide bonds. The Morgan fingerprint density at radius 1 is 0.774 bits per heavy atom. The fraction of sp³-hybridized carbons (Fsp3) is 0.240. The van der Waals surface area contributed by atoms with Crippen molar-refractivity contribution in [3.05, 3.63) is 82.2 Å². The quantitative estimate of drug-likeness (QED) is 0.533. The minimum absolute atomic E-state index is 0.238. The third-order valence-corrected chi connectivity index (χ3v) is 5.01. The van der Waals surface area contributed by atoms with Crippen LogP contribution in [-0.2, 0) is 16.1 Å². The standard InChI is InChI=1S/C25H25NO5/c1-15-6-8-18(9-7-15)14-31-20-12-10-19(11-13-20)23-21(24(27)29-4)16(2)26-17(3)22(23)25(28)30-5/h6-13H,14H2,1-5H3. The molecule has 0 N–H and O–H groups in total. The van der Waals surface area contributed by atoms with E-state index >= 15 is 0 Å². The minimum atomic E-state index is -0.565. The van der Waals surface area contributed by atoms with Gasteiger partial charge in [0.15, 0.2) is 0 Å². The van der Waals surface area contributed by atoms with Gasteiger partial charge in [-0.15, -0.1) is 0 Å². The zero-order chi connectivity index (χ0) is 22.5. The maximum absolute atomic E-state index is 12.5. The molecule has 2 aromatic carbocycles. The summed E-state index contributed by atoms with van der Waals surface area (Å²) in [5.41, 5.74) is 4.79. The van der Waals surface area contributed by atoms with Crippen molar-refractivity contribution in [2.45, 2.75) is 27.4 Å². The number of benzene rings is 2. The van der Waals surface area contributed by atoms with E-state index in [0.717, 1.165) is 5.56 Å². The van der Waals surface area contributed by atoms with Crippen molar-refractivity contribution in [1.29, 1.82) is 0 Å². The highest BCUT2D eigenvalue weighted by atomic mass is 16.5. The summed E-state index contributed by atoms with van der Waals surface area (Å²) in [6.07, 6.45) is 0. The molecule has 0 fully saturated rings. The van der Waals surface area contributed by atoms with Gasteiger partial charge in [0.05, 0.1) is 36.7 Å². The van der Waals surface area contributed by atoms with Gasteiger partial charge in [-0.1, -0.05) is 42.0 Å². The number of nitrogens with zero attached hydrogens (tertiary/aromatic N) is 1. The molecule has 3 aromatic rings. The highest BCUT2D eigenvalue weighted by Gasteiger charge is 2.27. The third-order valence-electron chi connectivity index (χ3n) is 5.01. The van der Waals surface area contributed by atoms with Crippen LogP contribution in [0.3, 0.4) is 0 Å². The zero-order valence-corrected chi connectivity index (χ0v) is 18.3. The molecular weight excluding hydrogens is 394 g/mol. The van der Waals surface area contributed by atoms with Crippen LogP contribution in [0.15, 0.2) is 48.5 Å². The van der Waals surface area contributed by atoms with E-state index in [1.54, 1.807) is 38.1 Å². The SMILES string of the molecule is COC(=O)c1c(C)nc(C)c(C(=O)OC)c1-c1ccc(OCc2ccc(C)cc2)cc1. The summed E-state index contributed by atoms with van der Waals surface area (Å²) in [6.45, 7) is 5.90. The third kappa shape index (κ3) is 4.74. The molecule has 0 aliphatic rings. The smallest absolute Gasteiger partial charge is 0.340 e. The van der Waals surface area contributed by atoms with Gasteiger partial charge in [0.2, 0.25) is 0 Å². The van der Waals surface area contributed by atoms with Crippen molar-refractivity contribution in [1.82, 2.24) is 4.98 Å². The van der Waals surface area contributed by atoms with Crippen LogP contribution in [0, 0.1) is 20.8 Å². The van der Waals surface area contributed by atoms with Crippen LogP contribution in [0.4, 0.5) is 0 Å². The Hall–Kier alpha value is -3.67. The molecule has 0 saturated heterocycles. The summed E-state index contributed by atoms with van der Waals surface area (Å²) < 4.78 is 15.8. The number of esters is 2. The first-order chi connectivity index (χ1) is 14.8. The maximum Gasteiger partial charge on any atom is 0.340 e. The van der Waals surface area contributed by atoms with E-state index in [2.05, 4.69) is 4.98 Å². The van der Waals surface area contributed by atoms with Crippen molar-refractivity contribution in [3.8, 4) is 16.9 Å². The van der Waals surface area contributed by atoms with Gasteiger partial charge in [-0.25, -0.2) is 9.59 Å². The van der Waals surface area contributed by atoms with Crippen LogP contribution >= 0.6 is 0 Å². The Morgan fingerprint density at radius 2 is 1.29 bits per heavy atom. The molecule has 0 radical (unpaired) electrons. The molecule has 31 heavy (non-hydrogen) atoms. The number of carbonyl (C=O) groups is 2. The second-order valence-electron chi connectivity index (χ2n) is 7.19. The Balaban J connectivity index is 2.00. The molecule has 6 nitrogen and oxygen atoms in total. The average Bonchev–Trinajstić information content (AvgIpc) is 2.77. The number of pyridine rings is 1. The van der Waals surface area contributed by atoms with Crippen molar-refractivity contribution >= 4 is 11.9 Å². The first-order valence-corrected chi connectivity index (χ1v) is 9.82. The molecule has 1 heterocycles. The normalized spacial score (nSPS) is 10.5. The molecule has 0 spiro atoms. The number of hydrogen-bond acceptors (Lipinski definition) is 6. The van der Waals surface area contributed by atoms with E-state index in [1.807, 2.05) is 31.2 Å². The maximum atomic E-state index is 12.5. The fourth-order valence-corrected chi connectivity index (χ4v) is 3.41. The van der Waals surface area contributed by atoms with Gasteiger partial charge in [-0.2, -0.15) is 0 Å². The van der Waals surface area contributed by atoms with Crippen molar-refractivity contribution in [2.75, 3.05) is 14.2 Å². The predicted octanol–water partition coefficient (Wildman–Crippen LogP) is 4.83. The van der Waals surface area contributed by atoms with E-state index in [4.69, 9.17) is 14.2 Å². The lowest BCUT2D eigenvalue weighted by Gasteiger charge is -2.17. The monoisotopic (exact) mass is 419 g/mol. The molecule has 0 aliphatic heterocycles. The number of carbonyl (C=O) groups excluding carboxylic acids is 2. The van der Waals surface area contributed by atoms with Crippen molar-refractivity contribution in [2.24, 2.45) is 0 Å². The average molecular weight is 419 g/mol. The van der Waals surface area contributed by atoms with Crippen LogP contribution in [0.2, 0.25) is 0 Å². The number of methoxy groups -OCH3 is 2. The van der Waals surface area contributed by atoms with E-state index < -0.39 is 11.9 Å². The summed E-state index contributed by atoms with van der Waals surface area (Å²) in [6, 6.07) is 15.3. The molecule has 0 atom stereocenters. The van der Waals surface area contributed by atoms with Crippen LogP contribution in [0.5, 0.6) is 5.75 Å². The molecule has 160 valence electrons. The number of hydrogen-bond donors (Lipinski definition) is 0. The molecule has 0 aliphatic carbocycles. The molecule has 0 saturated carbocycles. The lowest BCUT2D eigenvalue weighted by molar-refractivity contribution is 0.0599. The van der Waals surface area contributed by atoms with E-state index in [-0.39, 0.29) is 11.1 Å². The van der Waals surface area contributed by atoms with Gasteiger partial charge in [0.25, 0.3) is 0 Å². The van der Waals surface area contributed by atoms with E-state index in [1.165, 1.54) is 19.8 Å². The Bertz CT molecular complexity index is 1060. The van der Waals surface area contributed by atoms with Gasteiger partial charge < -0.3 is 14.2 Å². The Labute approximate surface area is 181 Å². The van der Waals surface area contributed by atoms with Gasteiger partial charge in [-0.05, 0) is 44.0 Å². The molecule has 0 bridgehead atoms. The van der Waals surface area contributed by atoms with Gasteiger partial charge in [-0.3, -0.25) is 4.98 Å². The summed E-state index contributed by atoms with van der Waals surface area (Å²) >= 11 is 0. The first kappa shape index (κ1) is 22.0. The second-order valence-corrected chi connectivity index (χ2v) is 7.19. The summed E-state index contributed by atoms with van der Waals surface area (Å²) in [5, 5.41) is 0. The van der Waals surface area contributed by atoms with Crippen LogP contribution in [0.1, 0.15) is 43.2 Å². The van der Waals surface area contributed by atoms with Gasteiger partial charge >= 0.3 is 11.9 Å². The van der Waals surface area contributed by atoms with Crippen molar-refractivity contribution in [3.63, 3.8) is 0 Å². The summed E-state index contributed by atoms with van der Waals surface area (Å²) in [7, 11) is 2.59. The fourth-order valence-electron chi connectivity index (χ4n) is 3.41.